The van der Waals surface area contributed by atoms with Crippen LogP contribution in [0.15, 0.2) is 144 Å². The van der Waals surface area contributed by atoms with Crippen LogP contribution < -0.4 is 4.74 Å². The van der Waals surface area contributed by atoms with Crippen molar-refractivity contribution in [1.82, 2.24) is 15.0 Å². The van der Waals surface area contributed by atoms with Gasteiger partial charge < -0.3 is 9.15 Å². The number of fused-ring (bicyclic) bond motifs is 9. The maximum Gasteiger partial charge on any atom is 0.164 e. The van der Waals surface area contributed by atoms with Crippen molar-refractivity contribution < 1.29 is 9.15 Å². The largest absolute Gasteiger partial charge is 0.485 e. The standard InChI is InChI=1S/C41H25N3O2/c1-2-12-25-24(11-1)23-32(27-14-4-3-13-26(25)27)41-43-39(30-17-9-21-35-37(30)28-15-5-7-19-33(28)45-35)42-40(44-41)31-18-10-22-36-38(31)29-16-6-8-20-34(29)46-36/h1-23,35,37H. The molecule has 0 radical (unpaired) electrons. The summed E-state index contributed by atoms with van der Waals surface area (Å²) in [6, 6.07) is 41.7. The molecule has 0 N–H and O–H groups in total. The van der Waals surface area contributed by atoms with Crippen molar-refractivity contribution >= 4 is 49.1 Å². The van der Waals surface area contributed by atoms with Crippen LogP contribution >= 0.6 is 0 Å². The number of hydrogen-bond donors (Lipinski definition) is 0. The smallest absolute Gasteiger partial charge is 0.164 e. The summed E-state index contributed by atoms with van der Waals surface area (Å²) >= 11 is 0. The summed E-state index contributed by atoms with van der Waals surface area (Å²) in [4.78, 5) is 15.8. The van der Waals surface area contributed by atoms with Gasteiger partial charge in [0.2, 0.25) is 0 Å². The van der Waals surface area contributed by atoms with Gasteiger partial charge in [-0.3, -0.25) is 0 Å². The third-order valence-electron chi connectivity index (χ3n) is 9.30. The van der Waals surface area contributed by atoms with E-state index in [9.17, 15) is 0 Å². The quantitative estimate of drug-likeness (QED) is 0.191. The minimum Gasteiger partial charge on any atom is -0.485 e. The Morgan fingerprint density at radius 2 is 1.24 bits per heavy atom. The number of benzene rings is 6. The number of rotatable bonds is 3. The van der Waals surface area contributed by atoms with Gasteiger partial charge in [0, 0.05) is 33.0 Å². The molecule has 1 aliphatic carbocycles. The Kier molecular flexibility index (Phi) is 5.34. The first kappa shape index (κ1) is 25.3. The van der Waals surface area contributed by atoms with Crippen LogP contribution in [0.2, 0.25) is 0 Å². The second kappa shape index (κ2) is 9.71. The SMILES string of the molecule is C1=CC2Oc3ccccc3C2C(c2nc(-c3cc4ccccc4c4ccccc34)nc(-c3cccc4oc5ccccc5c34)n2)=C1. The van der Waals surface area contributed by atoms with Crippen LogP contribution in [0.3, 0.4) is 0 Å². The fraction of sp³-hybridized carbons (Fsp3) is 0.0488. The zero-order valence-corrected chi connectivity index (χ0v) is 24.6. The zero-order valence-electron chi connectivity index (χ0n) is 24.6. The van der Waals surface area contributed by atoms with E-state index in [2.05, 4.69) is 97.1 Å². The molecule has 6 aromatic carbocycles. The first-order valence-corrected chi connectivity index (χ1v) is 15.5. The molecule has 216 valence electrons. The molecule has 2 aliphatic rings. The lowest BCUT2D eigenvalue weighted by Gasteiger charge is -2.22. The van der Waals surface area contributed by atoms with Gasteiger partial charge in [-0.15, -0.1) is 0 Å². The number of ether oxygens (including phenoxy) is 1. The minimum atomic E-state index is -0.121. The van der Waals surface area contributed by atoms with Gasteiger partial charge in [-0.2, -0.15) is 0 Å². The Labute approximate surface area is 264 Å². The molecule has 0 bridgehead atoms. The number of furan rings is 1. The Morgan fingerprint density at radius 3 is 2.15 bits per heavy atom. The van der Waals surface area contributed by atoms with Crippen LogP contribution in [-0.4, -0.2) is 21.1 Å². The van der Waals surface area contributed by atoms with Gasteiger partial charge in [0.1, 0.15) is 23.0 Å². The minimum absolute atomic E-state index is 0.0248. The molecule has 2 unspecified atom stereocenters. The lowest BCUT2D eigenvalue weighted by molar-refractivity contribution is 0.271. The molecule has 2 atom stereocenters. The molecule has 8 aromatic rings. The first-order chi connectivity index (χ1) is 22.8. The van der Waals surface area contributed by atoms with Crippen LogP contribution in [0.4, 0.5) is 0 Å². The van der Waals surface area contributed by atoms with E-state index in [1.54, 1.807) is 0 Å². The molecule has 0 saturated heterocycles. The van der Waals surface area contributed by atoms with Crippen molar-refractivity contribution in [2.75, 3.05) is 0 Å². The van der Waals surface area contributed by atoms with Crippen LogP contribution in [-0.2, 0) is 0 Å². The van der Waals surface area contributed by atoms with Crippen LogP contribution in [0.5, 0.6) is 5.75 Å². The van der Waals surface area contributed by atoms with Gasteiger partial charge in [-0.05, 0) is 51.9 Å². The van der Waals surface area contributed by atoms with Crippen LogP contribution in [0, 0.1) is 0 Å². The average Bonchev–Trinajstić information content (AvgIpc) is 3.70. The summed E-state index contributed by atoms with van der Waals surface area (Å²) < 4.78 is 12.7. The third-order valence-corrected chi connectivity index (χ3v) is 9.30. The Hall–Kier alpha value is -6.07. The highest BCUT2D eigenvalue weighted by atomic mass is 16.5. The summed E-state index contributed by atoms with van der Waals surface area (Å²) in [5.74, 6) is 2.75. The van der Waals surface area contributed by atoms with E-state index in [1.165, 1.54) is 10.8 Å². The number of allylic oxidation sites excluding steroid dienone is 2. The normalized spacial score (nSPS) is 16.9. The molecule has 2 aromatic heterocycles. The van der Waals surface area contributed by atoms with Crippen LogP contribution in [0.25, 0.3) is 71.8 Å². The molecule has 0 spiro atoms. The van der Waals surface area contributed by atoms with E-state index in [0.717, 1.165) is 60.7 Å². The molecule has 1 aliphatic heterocycles. The second-order valence-electron chi connectivity index (χ2n) is 11.9. The van der Waals surface area contributed by atoms with E-state index in [-0.39, 0.29) is 12.0 Å². The fourth-order valence-corrected chi connectivity index (χ4v) is 7.26. The zero-order chi connectivity index (χ0) is 30.2. The molecular formula is C41H25N3O2. The summed E-state index contributed by atoms with van der Waals surface area (Å²) in [5.41, 5.74) is 5.67. The van der Waals surface area contributed by atoms with Crippen molar-refractivity contribution in [1.29, 1.82) is 0 Å². The number of aromatic nitrogens is 3. The van der Waals surface area contributed by atoms with Crippen molar-refractivity contribution in [2.45, 2.75) is 12.0 Å². The van der Waals surface area contributed by atoms with E-state index >= 15 is 0 Å². The van der Waals surface area contributed by atoms with E-state index in [1.807, 2.05) is 42.5 Å². The topological polar surface area (TPSA) is 61.0 Å². The summed E-state index contributed by atoms with van der Waals surface area (Å²) in [6.45, 7) is 0. The van der Waals surface area contributed by atoms with Crippen molar-refractivity contribution in [3.8, 4) is 28.5 Å². The van der Waals surface area contributed by atoms with Crippen molar-refractivity contribution in [2.24, 2.45) is 0 Å². The van der Waals surface area contributed by atoms with Gasteiger partial charge in [-0.25, -0.2) is 15.0 Å². The van der Waals surface area contributed by atoms with Gasteiger partial charge in [0.15, 0.2) is 17.5 Å². The molecule has 0 saturated carbocycles. The van der Waals surface area contributed by atoms with Gasteiger partial charge >= 0.3 is 0 Å². The van der Waals surface area contributed by atoms with Gasteiger partial charge in [-0.1, -0.05) is 109 Å². The maximum atomic E-state index is 6.38. The summed E-state index contributed by atoms with van der Waals surface area (Å²) in [5, 5.41) is 6.64. The molecule has 0 amide bonds. The van der Waals surface area contributed by atoms with E-state index in [0.29, 0.717) is 17.5 Å². The first-order valence-electron chi connectivity index (χ1n) is 15.5. The molecule has 5 heteroatoms. The predicted molar refractivity (Wildman–Crippen MR) is 184 cm³/mol. The fourth-order valence-electron chi connectivity index (χ4n) is 7.26. The number of para-hydroxylation sites is 2. The van der Waals surface area contributed by atoms with Gasteiger partial charge in [0.25, 0.3) is 0 Å². The average molecular weight is 592 g/mol. The molecule has 0 fully saturated rings. The summed E-state index contributed by atoms with van der Waals surface area (Å²) in [7, 11) is 0. The Bertz CT molecular complexity index is 2600. The van der Waals surface area contributed by atoms with Gasteiger partial charge in [0.05, 0.1) is 5.92 Å². The maximum absolute atomic E-state index is 6.38. The Morgan fingerprint density at radius 1 is 0.543 bits per heavy atom. The predicted octanol–water partition coefficient (Wildman–Crippen LogP) is 9.91. The molecule has 46 heavy (non-hydrogen) atoms. The second-order valence-corrected chi connectivity index (χ2v) is 11.9. The number of nitrogens with zero attached hydrogens (tertiary/aromatic N) is 3. The molecular weight excluding hydrogens is 566 g/mol. The third kappa shape index (κ3) is 3.72. The highest BCUT2D eigenvalue weighted by Gasteiger charge is 2.38. The van der Waals surface area contributed by atoms with E-state index < -0.39 is 0 Å². The highest BCUT2D eigenvalue weighted by molar-refractivity contribution is 6.14. The van der Waals surface area contributed by atoms with E-state index in [4.69, 9.17) is 24.1 Å². The van der Waals surface area contributed by atoms with Crippen molar-refractivity contribution in [3.63, 3.8) is 0 Å². The van der Waals surface area contributed by atoms with Crippen molar-refractivity contribution in [3.05, 3.63) is 151 Å². The monoisotopic (exact) mass is 591 g/mol. The lowest BCUT2D eigenvalue weighted by Crippen LogP contribution is -2.20. The van der Waals surface area contributed by atoms with Crippen LogP contribution in [0.1, 0.15) is 17.3 Å². The number of hydrogen-bond acceptors (Lipinski definition) is 5. The summed E-state index contributed by atoms with van der Waals surface area (Å²) in [6.07, 6.45) is 6.18. The Balaban J connectivity index is 1.28. The highest BCUT2D eigenvalue weighted by Crippen LogP contribution is 2.48. The lowest BCUT2D eigenvalue weighted by atomic mass is 9.84. The molecule has 3 heterocycles. The molecule has 10 rings (SSSR count). The molecule has 5 nitrogen and oxygen atoms in total.